The summed E-state index contributed by atoms with van der Waals surface area (Å²) in [7, 11) is 0. The van der Waals surface area contributed by atoms with Crippen molar-refractivity contribution in [1.29, 1.82) is 0 Å². The molecular formula is C13H16N2O4. The molecule has 0 aromatic heterocycles. The van der Waals surface area contributed by atoms with E-state index in [2.05, 4.69) is 0 Å². The molecule has 1 N–H and O–H groups in total. The first-order valence-corrected chi connectivity index (χ1v) is 6.30. The predicted octanol–water partition coefficient (Wildman–Crippen LogP) is 1.58. The highest BCUT2D eigenvalue weighted by atomic mass is 16.6. The van der Waals surface area contributed by atoms with Crippen molar-refractivity contribution in [2.45, 2.75) is 25.3 Å². The second-order valence-electron chi connectivity index (χ2n) is 4.64. The number of rotatable bonds is 3. The lowest BCUT2D eigenvalue weighted by Gasteiger charge is -2.34. The smallest absolute Gasteiger partial charge is 0.270 e. The zero-order chi connectivity index (χ0) is 13.8. The largest absolute Gasteiger partial charge is 0.394 e. The molecule has 1 saturated heterocycles. The van der Waals surface area contributed by atoms with E-state index in [9.17, 15) is 20.0 Å². The van der Waals surface area contributed by atoms with E-state index >= 15 is 0 Å². The third kappa shape index (κ3) is 2.90. The van der Waals surface area contributed by atoms with Gasteiger partial charge < -0.3 is 10.0 Å². The number of nitro benzene ring substituents is 1. The Bertz CT molecular complexity index is 489. The number of amides is 1. The molecule has 0 spiro atoms. The van der Waals surface area contributed by atoms with E-state index in [1.165, 1.54) is 18.2 Å². The molecule has 2 rings (SSSR count). The van der Waals surface area contributed by atoms with E-state index in [4.69, 9.17) is 0 Å². The molecule has 6 nitrogen and oxygen atoms in total. The molecule has 0 radical (unpaired) electrons. The Kier molecular flexibility index (Phi) is 4.11. The van der Waals surface area contributed by atoms with Crippen molar-refractivity contribution in [3.8, 4) is 0 Å². The fourth-order valence-corrected chi connectivity index (χ4v) is 2.38. The maximum Gasteiger partial charge on any atom is 0.270 e. The number of non-ortho nitro benzene ring substituents is 1. The van der Waals surface area contributed by atoms with Crippen LogP contribution in [0.5, 0.6) is 0 Å². The Morgan fingerprint density at radius 2 is 2.26 bits per heavy atom. The van der Waals surface area contributed by atoms with Crippen LogP contribution in [0.3, 0.4) is 0 Å². The number of carbonyl (C=O) groups is 1. The Hall–Kier alpha value is -1.95. The molecule has 0 saturated carbocycles. The van der Waals surface area contributed by atoms with E-state index in [-0.39, 0.29) is 24.2 Å². The zero-order valence-corrected chi connectivity index (χ0v) is 10.5. The minimum absolute atomic E-state index is 0.0688. The molecule has 1 heterocycles. The number of hydrogen-bond acceptors (Lipinski definition) is 4. The zero-order valence-electron chi connectivity index (χ0n) is 10.5. The van der Waals surface area contributed by atoms with Crippen LogP contribution < -0.4 is 0 Å². The topological polar surface area (TPSA) is 83.7 Å². The average molecular weight is 264 g/mol. The highest BCUT2D eigenvalue weighted by molar-refractivity contribution is 5.95. The Balaban J connectivity index is 2.22. The third-order valence-electron chi connectivity index (χ3n) is 3.40. The van der Waals surface area contributed by atoms with Gasteiger partial charge in [-0.05, 0) is 25.3 Å². The number of likely N-dealkylation sites (tertiary alicyclic amines) is 1. The standard InChI is InChI=1S/C13H16N2O4/c16-9-12-5-1-2-7-14(12)13(17)10-4-3-6-11(8-10)15(18)19/h3-4,6,8,12,16H,1-2,5,7,9H2. The van der Waals surface area contributed by atoms with E-state index in [0.717, 1.165) is 19.3 Å². The fraction of sp³-hybridized carbons (Fsp3) is 0.462. The predicted molar refractivity (Wildman–Crippen MR) is 68.9 cm³/mol. The molecule has 1 aromatic carbocycles. The first-order chi connectivity index (χ1) is 9.13. The van der Waals surface area contributed by atoms with Gasteiger partial charge in [0.2, 0.25) is 0 Å². The van der Waals surface area contributed by atoms with Crippen molar-refractivity contribution in [3.63, 3.8) is 0 Å². The number of nitro groups is 1. The molecule has 1 fully saturated rings. The lowest BCUT2D eigenvalue weighted by molar-refractivity contribution is -0.384. The van der Waals surface area contributed by atoms with Gasteiger partial charge in [0.15, 0.2) is 0 Å². The lowest BCUT2D eigenvalue weighted by atomic mass is 10.0. The Morgan fingerprint density at radius 3 is 2.95 bits per heavy atom. The SMILES string of the molecule is O=C(c1cccc([N+](=O)[O-])c1)N1CCCCC1CO. The lowest BCUT2D eigenvalue weighted by Crippen LogP contribution is -2.45. The molecule has 1 amide bonds. The Labute approximate surface area is 110 Å². The van der Waals surface area contributed by atoms with Crippen LogP contribution in [-0.2, 0) is 0 Å². The van der Waals surface area contributed by atoms with Gasteiger partial charge in [0.1, 0.15) is 0 Å². The number of benzene rings is 1. The Morgan fingerprint density at radius 1 is 1.47 bits per heavy atom. The first kappa shape index (κ1) is 13.5. The van der Waals surface area contributed by atoms with E-state index in [1.54, 1.807) is 11.0 Å². The van der Waals surface area contributed by atoms with Crippen LogP contribution in [0.1, 0.15) is 29.6 Å². The molecule has 19 heavy (non-hydrogen) atoms. The first-order valence-electron chi connectivity index (χ1n) is 6.30. The normalized spacial score (nSPS) is 19.2. The van der Waals surface area contributed by atoms with Crippen molar-refractivity contribution < 1.29 is 14.8 Å². The molecule has 1 atom stereocenters. The second-order valence-corrected chi connectivity index (χ2v) is 4.64. The molecule has 1 aromatic rings. The number of piperidine rings is 1. The molecular weight excluding hydrogens is 248 g/mol. The molecule has 1 aliphatic rings. The van der Waals surface area contributed by atoms with Crippen molar-refractivity contribution in [1.82, 2.24) is 4.90 Å². The van der Waals surface area contributed by atoms with Gasteiger partial charge in [0.05, 0.1) is 17.6 Å². The fourth-order valence-electron chi connectivity index (χ4n) is 2.38. The summed E-state index contributed by atoms with van der Waals surface area (Å²) in [4.78, 5) is 24.1. The molecule has 0 bridgehead atoms. The quantitative estimate of drug-likeness (QED) is 0.663. The number of aliphatic hydroxyl groups is 1. The van der Waals surface area contributed by atoms with Gasteiger partial charge in [-0.3, -0.25) is 14.9 Å². The minimum Gasteiger partial charge on any atom is -0.394 e. The van der Waals surface area contributed by atoms with Gasteiger partial charge in [0, 0.05) is 24.2 Å². The van der Waals surface area contributed by atoms with E-state index in [1.807, 2.05) is 0 Å². The maximum absolute atomic E-state index is 12.3. The summed E-state index contributed by atoms with van der Waals surface area (Å²) in [5, 5.41) is 20.0. The van der Waals surface area contributed by atoms with Crippen LogP contribution in [0.4, 0.5) is 5.69 Å². The summed E-state index contributed by atoms with van der Waals surface area (Å²) in [6.07, 6.45) is 2.66. The maximum atomic E-state index is 12.3. The molecule has 0 aliphatic carbocycles. The van der Waals surface area contributed by atoms with Crippen molar-refractivity contribution in [2.24, 2.45) is 0 Å². The molecule has 1 unspecified atom stereocenters. The van der Waals surface area contributed by atoms with Crippen LogP contribution in [0.2, 0.25) is 0 Å². The molecule has 102 valence electrons. The van der Waals surface area contributed by atoms with E-state index < -0.39 is 4.92 Å². The molecule has 6 heteroatoms. The highest BCUT2D eigenvalue weighted by Gasteiger charge is 2.27. The van der Waals surface area contributed by atoms with Crippen LogP contribution in [0.15, 0.2) is 24.3 Å². The van der Waals surface area contributed by atoms with Crippen LogP contribution >= 0.6 is 0 Å². The molecule has 1 aliphatic heterocycles. The number of nitrogens with zero attached hydrogens (tertiary/aromatic N) is 2. The highest BCUT2D eigenvalue weighted by Crippen LogP contribution is 2.21. The van der Waals surface area contributed by atoms with Gasteiger partial charge in [-0.2, -0.15) is 0 Å². The third-order valence-corrected chi connectivity index (χ3v) is 3.40. The summed E-state index contributed by atoms with van der Waals surface area (Å²) in [6.45, 7) is 0.521. The van der Waals surface area contributed by atoms with Crippen molar-refractivity contribution in [3.05, 3.63) is 39.9 Å². The summed E-state index contributed by atoms with van der Waals surface area (Å²) >= 11 is 0. The van der Waals surface area contributed by atoms with E-state index in [0.29, 0.717) is 12.1 Å². The number of carbonyl (C=O) groups excluding carboxylic acids is 1. The number of aliphatic hydroxyl groups excluding tert-OH is 1. The van der Waals surface area contributed by atoms with Gasteiger partial charge in [-0.1, -0.05) is 6.07 Å². The van der Waals surface area contributed by atoms with Gasteiger partial charge in [-0.25, -0.2) is 0 Å². The summed E-state index contributed by atoms with van der Waals surface area (Å²) in [5.74, 6) is -0.248. The second kappa shape index (κ2) is 5.79. The van der Waals surface area contributed by atoms with Gasteiger partial charge in [-0.15, -0.1) is 0 Å². The van der Waals surface area contributed by atoms with Crippen LogP contribution in [0, 0.1) is 10.1 Å². The average Bonchev–Trinajstić information content (AvgIpc) is 2.46. The summed E-state index contributed by atoms with van der Waals surface area (Å²) < 4.78 is 0. The van der Waals surface area contributed by atoms with Crippen LogP contribution in [0.25, 0.3) is 0 Å². The minimum atomic E-state index is -0.517. The van der Waals surface area contributed by atoms with Gasteiger partial charge in [0.25, 0.3) is 11.6 Å². The summed E-state index contributed by atoms with van der Waals surface area (Å²) in [6, 6.07) is 5.53. The summed E-state index contributed by atoms with van der Waals surface area (Å²) in [5.41, 5.74) is 0.206. The van der Waals surface area contributed by atoms with Crippen molar-refractivity contribution >= 4 is 11.6 Å². The van der Waals surface area contributed by atoms with Crippen molar-refractivity contribution in [2.75, 3.05) is 13.2 Å². The monoisotopic (exact) mass is 264 g/mol. The van der Waals surface area contributed by atoms with Crippen LogP contribution in [-0.4, -0.2) is 40.0 Å². The van der Waals surface area contributed by atoms with Gasteiger partial charge >= 0.3 is 0 Å². The number of hydrogen-bond donors (Lipinski definition) is 1.